The van der Waals surface area contributed by atoms with Gasteiger partial charge in [0.05, 0.1) is 22.6 Å². The maximum atomic E-state index is 12.7. The Morgan fingerprint density at radius 1 is 1.21 bits per heavy atom. The third-order valence-corrected chi connectivity index (χ3v) is 5.17. The van der Waals surface area contributed by atoms with E-state index in [1.165, 1.54) is 0 Å². The zero-order valence-electron chi connectivity index (χ0n) is 15.8. The quantitative estimate of drug-likeness (QED) is 0.536. The Labute approximate surface area is 161 Å². The second-order valence-corrected chi connectivity index (χ2v) is 7.36. The Bertz CT molecular complexity index is 1250. The van der Waals surface area contributed by atoms with Crippen molar-refractivity contribution < 1.29 is 4.42 Å². The fraction of sp³-hybridized carbons (Fsp3) is 0.286. The van der Waals surface area contributed by atoms with Crippen molar-refractivity contribution in [2.24, 2.45) is 0 Å². The van der Waals surface area contributed by atoms with Gasteiger partial charge in [0.1, 0.15) is 5.58 Å². The molecule has 3 aromatic heterocycles. The smallest absolute Gasteiger partial charge is 0.345 e. The zero-order valence-corrected chi connectivity index (χ0v) is 15.8. The first-order valence-corrected chi connectivity index (χ1v) is 9.45. The number of nitrogens with one attached hydrogen (secondary N) is 2. The summed E-state index contributed by atoms with van der Waals surface area (Å²) >= 11 is 0. The van der Waals surface area contributed by atoms with E-state index in [-0.39, 0.29) is 0 Å². The lowest BCUT2D eigenvalue weighted by molar-refractivity contribution is 0.563. The van der Waals surface area contributed by atoms with Crippen LogP contribution in [0.15, 0.2) is 45.9 Å². The van der Waals surface area contributed by atoms with Crippen molar-refractivity contribution in [3.05, 3.63) is 58.5 Å². The van der Waals surface area contributed by atoms with E-state index in [4.69, 9.17) is 4.42 Å². The van der Waals surface area contributed by atoms with Crippen LogP contribution in [0, 0.1) is 13.8 Å². The number of fused-ring (bicyclic) bond motifs is 2. The van der Waals surface area contributed by atoms with E-state index in [2.05, 4.69) is 20.6 Å². The van der Waals surface area contributed by atoms with E-state index < -0.39 is 5.63 Å². The van der Waals surface area contributed by atoms with E-state index in [0.717, 1.165) is 47.6 Å². The number of anilines is 1. The molecule has 28 heavy (non-hydrogen) atoms. The van der Waals surface area contributed by atoms with Crippen LogP contribution in [0.3, 0.4) is 0 Å². The van der Waals surface area contributed by atoms with E-state index in [1.807, 2.05) is 54.9 Å². The number of hydrogen-bond donors (Lipinski definition) is 2. The molecule has 0 amide bonds. The van der Waals surface area contributed by atoms with Gasteiger partial charge in [0.2, 0.25) is 0 Å². The van der Waals surface area contributed by atoms with E-state index in [1.54, 1.807) is 0 Å². The highest BCUT2D eigenvalue weighted by atomic mass is 16.4. The minimum absolute atomic E-state index is 0.391. The fourth-order valence-electron chi connectivity index (χ4n) is 3.83. The van der Waals surface area contributed by atoms with Gasteiger partial charge in [-0.3, -0.25) is 4.98 Å². The molecule has 0 unspecified atom stereocenters. The molecule has 1 aromatic carbocycles. The predicted octanol–water partition coefficient (Wildman–Crippen LogP) is 2.89. The highest BCUT2D eigenvalue weighted by molar-refractivity contribution is 5.84. The molecule has 4 aromatic rings. The number of nitrogens with zero attached hydrogens (tertiary/aromatic N) is 3. The normalized spacial score (nSPS) is 16.9. The molecule has 0 radical (unpaired) electrons. The molecular weight excluding hydrogens is 354 g/mol. The van der Waals surface area contributed by atoms with Crippen molar-refractivity contribution in [1.29, 1.82) is 0 Å². The lowest BCUT2D eigenvalue weighted by Crippen LogP contribution is -2.21. The molecule has 0 spiro atoms. The minimum Gasteiger partial charge on any atom is -0.422 e. The third-order valence-electron chi connectivity index (χ3n) is 5.17. The van der Waals surface area contributed by atoms with Crippen LogP contribution in [0.5, 0.6) is 0 Å². The molecular formula is C21H21N5O2. The largest absolute Gasteiger partial charge is 0.422 e. The number of imidazole rings is 1. The van der Waals surface area contributed by atoms with Crippen LogP contribution in [0.4, 0.5) is 5.69 Å². The maximum Gasteiger partial charge on any atom is 0.345 e. The van der Waals surface area contributed by atoms with Gasteiger partial charge in [-0.25, -0.2) is 9.78 Å². The average molecular weight is 375 g/mol. The van der Waals surface area contributed by atoms with Crippen LogP contribution >= 0.6 is 0 Å². The molecule has 7 heteroatoms. The first-order chi connectivity index (χ1) is 13.6. The standard InChI is InChI=1S/C21H21N5O2/c1-12-10-26-11-18(25-20(26)13(2)23-12)17-7-14-3-4-15(8-19(14)28-21(17)27)24-16-5-6-22-9-16/h3-4,7-8,10-11,16,22,24H,5-6,9H2,1-2H3/t16-/m0/s1. The Kier molecular flexibility index (Phi) is 3.91. The van der Waals surface area contributed by atoms with Crippen LogP contribution in [0.1, 0.15) is 17.8 Å². The fourth-order valence-corrected chi connectivity index (χ4v) is 3.83. The van der Waals surface area contributed by atoms with Crippen LogP contribution in [0.25, 0.3) is 27.9 Å². The summed E-state index contributed by atoms with van der Waals surface area (Å²) in [6, 6.07) is 8.13. The van der Waals surface area contributed by atoms with Crippen molar-refractivity contribution >= 4 is 22.3 Å². The first-order valence-electron chi connectivity index (χ1n) is 9.45. The third kappa shape index (κ3) is 2.93. The molecule has 1 fully saturated rings. The predicted molar refractivity (Wildman–Crippen MR) is 109 cm³/mol. The molecule has 0 saturated carbocycles. The summed E-state index contributed by atoms with van der Waals surface area (Å²) in [5.41, 5.74) is 4.65. The van der Waals surface area contributed by atoms with Crippen molar-refractivity contribution in [1.82, 2.24) is 19.7 Å². The molecule has 7 nitrogen and oxygen atoms in total. The van der Waals surface area contributed by atoms with Gasteiger partial charge >= 0.3 is 5.63 Å². The summed E-state index contributed by atoms with van der Waals surface area (Å²) in [5.74, 6) is 0. The summed E-state index contributed by atoms with van der Waals surface area (Å²) in [7, 11) is 0. The van der Waals surface area contributed by atoms with E-state index in [0.29, 0.717) is 22.9 Å². The SMILES string of the molecule is Cc1cn2cc(-c3cc4ccc(N[C@H]5CCNC5)cc4oc3=O)nc2c(C)n1. The molecule has 5 rings (SSSR count). The summed E-state index contributed by atoms with van der Waals surface area (Å²) in [6.45, 7) is 5.82. The number of rotatable bonds is 3. The molecule has 1 saturated heterocycles. The van der Waals surface area contributed by atoms with Crippen LogP contribution in [-0.4, -0.2) is 33.5 Å². The van der Waals surface area contributed by atoms with Crippen LogP contribution < -0.4 is 16.3 Å². The van der Waals surface area contributed by atoms with Gasteiger partial charge in [0.15, 0.2) is 5.65 Å². The van der Waals surface area contributed by atoms with Crippen molar-refractivity contribution in [3.63, 3.8) is 0 Å². The molecule has 1 atom stereocenters. The van der Waals surface area contributed by atoms with Crippen molar-refractivity contribution in [2.75, 3.05) is 18.4 Å². The first kappa shape index (κ1) is 16.9. The highest BCUT2D eigenvalue weighted by Crippen LogP contribution is 2.24. The lowest BCUT2D eigenvalue weighted by atomic mass is 10.1. The van der Waals surface area contributed by atoms with E-state index in [9.17, 15) is 4.79 Å². The van der Waals surface area contributed by atoms with Crippen LogP contribution in [-0.2, 0) is 0 Å². The summed E-state index contributed by atoms with van der Waals surface area (Å²) < 4.78 is 7.53. The second-order valence-electron chi connectivity index (χ2n) is 7.36. The summed E-state index contributed by atoms with van der Waals surface area (Å²) in [5, 5.41) is 7.68. The highest BCUT2D eigenvalue weighted by Gasteiger charge is 2.16. The summed E-state index contributed by atoms with van der Waals surface area (Å²) in [6.07, 6.45) is 4.83. The van der Waals surface area contributed by atoms with Crippen molar-refractivity contribution in [3.8, 4) is 11.3 Å². The minimum atomic E-state index is -0.391. The summed E-state index contributed by atoms with van der Waals surface area (Å²) in [4.78, 5) is 21.7. The number of aromatic nitrogens is 3. The molecule has 0 bridgehead atoms. The van der Waals surface area contributed by atoms with Gasteiger partial charge in [-0.15, -0.1) is 0 Å². The molecule has 1 aliphatic rings. The number of benzene rings is 1. The van der Waals surface area contributed by atoms with Gasteiger partial charge in [0, 0.05) is 42.1 Å². The monoisotopic (exact) mass is 375 g/mol. The Hall–Kier alpha value is -3.19. The lowest BCUT2D eigenvalue weighted by Gasteiger charge is -2.13. The molecule has 1 aliphatic heterocycles. The Morgan fingerprint density at radius 3 is 2.93 bits per heavy atom. The maximum absolute atomic E-state index is 12.7. The van der Waals surface area contributed by atoms with Gasteiger partial charge < -0.3 is 19.5 Å². The average Bonchev–Trinajstić information content (AvgIpc) is 3.30. The number of aryl methyl sites for hydroxylation is 2. The second kappa shape index (κ2) is 6.45. The van der Waals surface area contributed by atoms with Crippen LogP contribution in [0.2, 0.25) is 0 Å². The zero-order chi connectivity index (χ0) is 19.3. The molecule has 2 N–H and O–H groups in total. The van der Waals surface area contributed by atoms with Crippen molar-refractivity contribution in [2.45, 2.75) is 26.3 Å². The van der Waals surface area contributed by atoms with Gasteiger partial charge in [-0.05, 0) is 45.0 Å². The van der Waals surface area contributed by atoms with Gasteiger partial charge in [-0.2, -0.15) is 0 Å². The number of hydrogen-bond acceptors (Lipinski definition) is 6. The Morgan fingerprint density at radius 2 is 2.11 bits per heavy atom. The Balaban J connectivity index is 1.56. The molecule has 142 valence electrons. The topological polar surface area (TPSA) is 84.5 Å². The van der Waals surface area contributed by atoms with Gasteiger partial charge in [-0.1, -0.05) is 0 Å². The molecule has 4 heterocycles. The van der Waals surface area contributed by atoms with Gasteiger partial charge in [0.25, 0.3) is 0 Å². The molecule has 0 aliphatic carbocycles. The van der Waals surface area contributed by atoms with E-state index >= 15 is 0 Å².